The lowest BCUT2D eigenvalue weighted by atomic mass is 10.1. The van der Waals surface area contributed by atoms with E-state index in [1.54, 1.807) is 36.8 Å². The van der Waals surface area contributed by atoms with Gasteiger partial charge in [-0.15, -0.1) is 0 Å². The van der Waals surface area contributed by atoms with E-state index in [9.17, 15) is 9.59 Å². The zero-order valence-corrected chi connectivity index (χ0v) is 18.0. The first-order chi connectivity index (χ1) is 15.7. The Morgan fingerprint density at radius 2 is 2.03 bits per heavy atom. The SMILES string of the molecule is O=C(CCn1ccnc1)Nc1cccc(C(=O)N(Cc2ccccc2)C[C@H]2CCCO2)c1. The van der Waals surface area contributed by atoms with E-state index in [4.69, 9.17) is 4.74 Å². The van der Waals surface area contributed by atoms with Crippen molar-refractivity contribution in [2.75, 3.05) is 18.5 Å². The largest absolute Gasteiger partial charge is 0.376 e. The Morgan fingerprint density at radius 1 is 1.16 bits per heavy atom. The maximum absolute atomic E-state index is 13.4. The maximum atomic E-state index is 13.4. The number of benzene rings is 2. The van der Waals surface area contributed by atoms with Gasteiger partial charge in [0.2, 0.25) is 5.91 Å². The lowest BCUT2D eigenvalue weighted by molar-refractivity contribution is -0.116. The number of amides is 2. The number of anilines is 1. The topological polar surface area (TPSA) is 76.5 Å². The minimum absolute atomic E-state index is 0.0636. The summed E-state index contributed by atoms with van der Waals surface area (Å²) < 4.78 is 7.64. The van der Waals surface area contributed by atoms with Crippen molar-refractivity contribution in [2.24, 2.45) is 0 Å². The Hall–Kier alpha value is -3.45. The average molecular weight is 433 g/mol. The molecule has 4 rings (SSSR count). The van der Waals surface area contributed by atoms with Crippen molar-refractivity contribution in [2.45, 2.75) is 38.5 Å². The van der Waals surface area contributed by atoms with Crippen LogP contribution in [0, 0.1) is 0 Å². The summed E-state index contributed by atoms with van der Waals surface area (Å²) in [4.78, 5) is 31.6. The van der Waals surface area contributed by atoms with Crippen LogP contribution in [0.3, 0.4) is 0 Å². The van der Waals surface area contributed by atoms with Gasteiger partial charge in [-0.05, 0) is 36.6 Å². The predicted octanol–water partition coefficient (Wildman–Crippen LogP) is 3.73. The number of hydrogen-bond donors (Lipinski definition) is 1. The summed E-state index contributed by atoms with van der Waals surface area (Å²) in [6, 6.07) is 17.1. The van der Waals surface area contributed by atoms with Crippen LogP contribution in [0.1, 0.15) is 35.2 Å². The Balaban J connectivity index is 1.43. The molecule has 0 bridgehead atoms. The predicted molar refractivity (Wildman–Crippen MR) is 122 cm³/mol. The minimum Gasteiger partial charge on any atom is -0.376 e. The van der Waals surface area contributed by atoms with Gasteiger partial charge in [0, 0.05) is 56.3 Å². The monoisotopic (exact) mass is 432 g/mol. The fourth-order valence-electron chi connectivity index (χ4n) is 3.84. The molecule has 3 aromatic rings. The van der Waals surface area contributed by atoms with Gasteiger partial charge in [0.05, 0.1) is 12.4 Å². The van der Waals surface area contributed by atoms with E-state index in [1.807, 2.05) is 46.0 Å². The number of aryl methyl sites for hydroxylation is 1. The van der Waals surface area contributed by atoms with E-state index >= 15 is 0 Å². The van der Waals surface area contributed by atoms with E-state index in [2.05, 4.69) is 10.3 Å². The van der Waals surface area contributed by atoms with E-state index < -0.39 is 0 Å². The molecule has 1 saturated heterocycles. The standard InChI is InChI=1S/C25H28N4O3/c30-24(11-13-28-14-12-26-19-28)27-22-9-4-8-21(16-22)25(31)29(18-23-10-5-15-32-23)17-20-6-2-1-3-7-20/h1-4,6-9,12,14,16,19,23H,5,10-11,13,15,17-18H2,(H,27,30)/t23-/m1/s1. The Labute approximate surface area is 188 Å². The van der Waals surface area contributed by atoms with Crippen LogP contribution >= 0.6 is 0 Å². The molecule has 0 unspecified atom stereocenters. The summed E-state index contributed by atoms with van der Waals surface area (Å²) in [5, 5.41) is 2.89. The van der Waals surface area contributed by atoms with E-state index in [0.717, 1.165) is 25.0 Å². The molecule has 1 aromatic heterocycles. The van der Waals surface area contributed by atoms with E-state index in [1.165, 1.54) is 0 Å². The number of nitrogens with one attached hydrogen (secondary N) is 1. The van der Waals surface area contributed by atoms with Crippen molar-refractivity contribution in [3.05, 3.63) is 84.4 Å². The number of imidazole rings is 1. The lowest BCUT2D eigenvalue weighted by Crippen LogP contribution is -2.37. The molecule has 7 heteroatoms. The molecule has 32 heavy (non-hydrogen) atoms. The van der Waals surface area contributed by atoms with E-state index in [0.29, 0.717) is 37.3 Å². The fourth-order valence-corrected chi connectivity index (χ4v) is 3.84. The molecule has 1 aliphatic heterocycles. The summed E-state index contributed by atoms with van der Waals surface area (Å²) >= 11 is 0. The summed E-state index contributed by atoms with van der Waals surface area (Å²) in [5.74, 6) is -0.178. The molecule has 166 valence electrons. The van der Waals surface area contributed by atoms with Crippen LogP contribution in [0.5, 0.6) is 0 Å². The average Bonchev–Trinajstić information content (AvgIpc) is 3.52. The Bertz CT molecular complexity index is 1010. The highest BCUT2D eigenvalue weighted by molar-refractivity contribution is 5.97. The molecule has 0 spiro atoms. The zero-order valence-electron chi connectivity index (χ0n) is 18.0. The number of aromatic nitrogens is 2. The van der Waals surface area contributed by atoms with Crippen molar-refractivity contribution >= 4 is 17.5 Å². The van der Waals surface area contributed by atoms with Gasteiger partial charge in [0.25, 0.3) is 5.91 Å². The highest BCUT2D eigenvalue weighted by atomic mass is 16.5. The number of nitrogens with zero attached hydrogens (tertiary/aromatic N) is 3. The third-order valence-corrected chi connectivity index (χ3v) is 5.50. The molecule has 1 aliphatic rings. The molecule has 2 amide bonds. The first kappa shape index (κ1) is 21.8. The quantitative estimate of drug-likeness (QED) is 0.559. The second kappa shape index (κ2) is 10.7. The fraction of sp³-hybridized carbons (Fsp3) is 0.320. The minimum atomic E-state index is -0.108. The number of ether oxygens (including phenoxy) is 1. The molecule has 2 aromatic carbocycles. The van der Waals surface area contributed by atoms with Crippen molar-refractivity contribution in [1.29, 1.82) is 0 Å². The summed E-state index contributed by atoms with van der Waals surface area (Å²) in [6.45, 7) is 2.37. The Kier molecular flexibility index (Phi) is 7.30. The highest BCUT2D eigenvalue weighted by Crippen LogP contribution is 2.19. The van der Waals surface area contributed by atoms with Crippen LogP contribution < -0.4 is 5.32 Å². The number of hydrogen-bond acceptors (Lipinski definition) is 4. The first-order valence-electron chi connectivity index (χ1n) is 11.0. The molecule has 7 nitrogen and oxygen atoms in total. The smallest absolute Gasteiger partial charge is 0.254 e. The third kappa shape index (κ3) is 6.04. The van der Waals surface area contributed by atoms with Gasteiger partial charge in [-0.1, -0.05) is 36.4 Å². The van der Waals surface area contributed by atoms with Crippen molar-refractivity contribution < 1.29 is 14.3 Å². The van der Waals surface area contributed by atoms with Gasteiger partial charge >= 0.3 is 0 Å². The van der Waals surface area contributed by atoms with Crippen molar-refractivity contribution in [1.82, 2.24) is 14.5 Å². The second-order valence-electron chi connectivity index (χ2n) is 7.99. The van der Waals surface area contributed by atoms with Gasteiger partial charge in [0.15, 0.2) is 0 Å². The number of carbonyl (C=O) groups is 2. The van der Waals surface area contributed by atoms with Gasteiger partial charge in [-0.3, -0.25) is 9.59 Å². The lowest BCUT2D eigenvalue weighted by Gasteiger charge is -2.26. The highest BCUT2D eigenvalue weighted by Gasteiger charge is 2.24. The molecule has 2 heterocycles. The molecular formula is C25H28N4O3. The second-order valence-corrected chi connectivity index (χ2v) is 7.99. The third-order valence-electron chi connectivity index (χ3n) is 5.50. The molecular weight excluding hydrogens is 404 g/mol. The molecule has 1 atom stereocenters. The maximum Gasteiger partial charge on any atom is 0.254 e. The summed E-state index contributed by atoms with van der Waals surface area (Å²) in [5.41, 5.74) is 2.23. The van der Waals surface area contributed by atoms with Crippen LogP contribution in [0.25, 0.3) is 0 Å². The molecule has 0 aliphatic carbocycles. The normalized spacial score (nSPS) is 15.4. The van der Waals surface area contributed by atoms with Crippen molar-refractivity contribution in [3.8, 4) is 0 Å². The summed E-state index contributed by atoms with van der Waals surface area (Å²) in [7, 11) is 0. The van der Waals surface area contributed by atoms with Gasteiger partial charge < -0.3 is 19.5 Å². The molecule has 0 radical (unpaired) electrons. The van der Waals surface area contributed by atoms with Gasteiger partial charge in [0.1, 0.15) is 0 Å². The molecule has 0 saturated carbocycles. The zero-order chi connectivity index (χ0) is 22.2. The van der Waals surface area contributed by atoms with Gasteiger partial charge in [-0.25, -0.2) is 4.98 Å². The first-order valence-corrected chi connectivity index (χ1v) is 11.0. The van der Waals surface area contributed by atoms with Crippen LogP contribution in [-0.2, 0) is 22.6 Å². The molecule has 1 N–H and O–H groups in total. The van der Waals surface area contributed by atoms with Crippen molar-refractivity contribution in [3.63, 3.8) is 0 Å². The molecule has 1 fully saturated rings. The van der Waals surface area contributed by atoms with Crippen LogP contribution in [-0.4, -0.2) is 45.5 Å². The number of carbonyl (C=O) groups excluding carboxylic acids is 2. The van der Waals surface area contributed by atoms with E-state index in [-0.39, 0.29) is 17.9 Å². The summed E-state index contributed by atoms with van der Waals surface area (Å²) in [6.07, 6.45) is 7.57. The van der Waals surface area contributed by atoms with Crippen LogP contribution in [0.4, 0.5) is 5.69 Å². The van der Waals surface area contributed by atoms with Crippen LogP contribution in [0.2, 0.25) is 0 Å². The number of rotatable bonds is 9. The van der Waals surface area contributed by atoms with Gasteiger partial charge in [-0.2, -0.15) is 0 Å². The van der Waals surface area contributed by atoms with Crippen LogP contribution in [0.15, 0.2) is 73.3 Å². The Morgan fingerprint density at radius 3 is 2.78 bits per heavy atom.